The van der Waals surface area contributed by atoms with Gasteiger partial charge in [-0.15, -0.1) is 11.3 Å². The Kier molecular flexibility index (Phi) is 7.98. The molecule has 1 aromatic carbocycles. The molecule has 0 fully saturated rings. The van der Waals surface area contributed by atoms with Gasteiger partial charge < -0.3 is 10.6 Å². The molecule has 1 heterocycles. The molecule has 1 aromatic heterocycles. The lowest BCUT2D eigenvalue weighted by molar-refractivity contribution is 0.681. The Bertz CT molecular complexity index is 642. The van der Waals surface area contributed by atoms with E-state index >= 15 is 0 Å². The first-order chi connectivity index (χ1) is 11.7. The Hall–Kier alpha value is -1.66. The predicted molar refractivity (Wildman–Crippen MR) is 104 cm³/mol. The van der Waals surface area contributed by atoms with Crippen molar-refractivity contribution in [3.63, 3.8) is 0 Å². The average Bonchev–Trinajstić information content (AvgIpc) is 3.14. The summed E-state index contributed by atoms with van der Waals surface area (Å²) >= 11 is 1.77. The van der Waals surface area contributed by atoms with Crippen LogP contribution in [0.3, 0.4) is 0 Å². The number of thiophene rings is 1. The molecule has 4 nitrogen and oxygen atoms in total. The molecule has 0 bridgehead atoms. The lowest BCUT2D eigenvalue weighted by Gasteiger charge is -2.13. The van der Waals surface area contributed by atoms with Crippen molar-refractivity contribution in [3.05, 3.63) is 52.7 Å². The number of hydrogen-bond acceptors (Lipinski definition) is 3. The number of aliphatic imine (C=N–C) groups is 1. The minimum absolute atomic E-state index is 0.402. The first-order valence-electron chi connectivity index (χ1n) is 8.19. The molecule has 0 saturated heterocycles. The zero-order chi connectivity index (χ0) is 17.2. The number of hydrogen-bond donors (Lipinski definition) is 2. The molecule has 2 N–H and O–H groups in total. The fourth-order valence-corrected chi connectivity index (χ4v) is 3.95. The summed E-state index contributed by atoms with van der Waals surface area (Å²) in [5.41, 5.74) is 0. The molecule has 0 aliphatic heterocycles. The van der Waals surface area contributed by atoms with Crippen LogP contribution in [0.4, 0.5) is 0 Å². The van der Waals surface area contributed by atoms with E-state index in [4.69, 9.17) is 0 Å². The van der Waals surface area contributed by atoms with Gasteiger partial charge in [0, 0.05) is 34.5 Å². The summed E-state index contributed by atoms with van der Waals surface area (Å²) in [7, 11) is -0.984. The van der Waals surface area contributed by atoms with Gasteiger partial charge in [0.2, 0.25) is 0 Å². The lowest BCUT2D eigenvalue weighted by Crippen LogP contribution is -2.39. The second-order valence-electron chi connectivity index (χ2n) is 5.43. The molecule has 2 unspecified atom stereocenters. The highest BCUT2D eigenvalue weighted by Gasteiger charge is 2.07. The molecular formula is C18H25N3OS2. The highest BCUT2D eigenvalue weighted by atomic mass is 32.2. The molecule has 0 amide bonds. The molecule has 0 saturated carbocycles. The number of nitrogens with one attached hydrogen (secondary N) is 2. The van der Waals surface area contributed by atoms with Gasteiger partial charge in [-0.2, -0.15) is 0 Å². The van der Waals surface area contributed by atoms with Crippen molar-refractivity contribution in [1.29, 1.82) is 0 Å². The van der Waals surface area contributed by atoms with Crippen molar-refractivity contribution in [1.82, 2.24) is 10.6 Å². The quantitative estimate of drug-likeness (QED) is 0.559. The summed E-state index contributed by atoms with van der Waals surface area (Å²) in [5, 5.41) is 8.61. The zero-order valence-corrected chi connectivity index (χ0v) is 15.8. The van der Waals surface area contributed by atoms with Crippen molar-refractivity contribution < 1.29 is 4.21 Å². The lowest BCUT2D eigenvalue weighted by atomic mass is 10.1. The van der Waals surface area contributed by atoms with Gasteiger partial charge in [0.15, 0.2) is 5.96 Å². The van der Waals surface area contributed by atoms with Gasteiger partial charge in [-0.3, -0.25) is 9.20 Å². The molecule has 6 heteroatoms. The third-order valence-electron chi connectivity index (χ3n) is 3.48. The molecule has 0 spiro atoms. The summed E-state index contributed by atoms with van der Waals surface area (Å²) < 4.78 is 12.2. The van der Waals surface area contributed by atoms with Crippen LogP contribution in [0.2, 0.25) is 0 Å². The van der Waals surface area contributed by atoms with Crippen LogP contribution in [0.5, 0.6) is 0 Å². The van der Waals surface area contributed by atoms with Gasteiger partial charge in [-0.05, 0) is 30.5 Å². The third-order valence-corrected chi connectivity index (χ3v) is 5.96. The normalized spacial score (nSPS) is 14.2. The molecule has 2 aromatic rings. The highest BCUT2D eigenvalue weighted by Crippen LogP contribution is 2.20. The van der Waals surface area contributed by atoms with Crippen LogP contribution < -0.4 is 10.6 Å². The van der Waals surface area contributed by atoms with Crippen molar-refractivity contribution in [3.8, 4) is 0 Å². The summed E-state index contributed by atoms with van der Waals surface area (Å²) in [6, 6.07) is 13.8. The molecule has 24 heavy (non-hydrogen) atoms. The van der Waals surface area contributed by atoms with Crippen LogP contribution in [0.25, 0.3) is 0 Å². The second kappa shape index (κ2) is 10.3. The SMILES string of the molecule is CCNC(=NCC(C)c1cccs1)NCCS(=O)c1ccccc1. The monoisotopic (exact) mass is 363 g/mol. The maximum atomic E-state index is 12.2. The number of nitrogens with zero attached hydrogens (tertiary/aromatic N) is 1. The summed E-state index contributed by atoms with van der Waals surface area (Å²) in [5.74, 6) is 1.75. The Morgan fingerprint density at radius 2 is 2.00 bits per heavy atom. The molecular weight excluding hydrogens is 338 g/mol. The van der Waals surface area contributed by atoms with Gasteiger partial charge in [0.05, 0.1) is 17.3 Å². The van der Waals surface area contributed by atoms with E-state index in [1.807, 2.05) is 37.3 Å². The first-order valence-corrected chi connectivity index (χ1v) is 10.4. The van der Waals surface area contributed by atoms with Gasteiger partial charge >= 0.3 is 0 Å². The fourth-order valence-electron chi connectivity index (χ4n) is 2.18. The van der Waals surface area contributed by atoms with Gasteiger partial charge in [-0.25, -0.2) is 0 Å². The second-order valence-corrected chi connectivity index (χ2v) is 7.98. The molecule has 2 atom stereocenters. The van der Waals surface area contributed by atoms with Gasteiger partial charge in [-0.1, -0.05) is 31.2 Å². The van der Waals surface area contributed by atoms with Crippen molar-refractivity contribution in [2.45, 2.75) is 24.7 Å². The average molecular weight is 364 g/mol. The Labute approximate surface area is 150 Å². The van der Waals surface area contributed by atoms with E-state index in [9.17, 15) is 4.21 Å². The molecule has 0 radical (unpaired) electrons. The third kappa shape index (κ3) is 6.09. The van der Waals surface area contributed by atoms with Gasteiger partial charge in [0.25, 0.3) is 0 Å². The Balaban J connectivity index is 1.82. The van der Waals surface area contributed by atoms with E-state index in [0.717, 1.165) is 23.9 Å². The number of rotatable bonds is 8. The van der Waals surface area contributed by atoms with Crippen LogP contribution in [0.15, 0.2) is 57.7 Å². The molecule has 130 valence electrons. The molecule has 0 aliphatic rings. The van der Waals surface area contributed by atoms with Gasteiger partial charge in [0.1, 0.15) is 0 Å². The van der Waals surface area contributed by atoms with Crippen molar-refractivity contribution in [2.24, 2.45) is 4.99 Å². The first kappa shape index (κ1) is 18.7. The van der Waals surface area contributed by atoms with Crippen LogP contribution in [0, 0.1) is 0 Å². The minimum Gasteiger partial charge on any atom is -0.357 e. The van der Waals surface area contributed by atoms with E-state index in [-0.39, 0.29) is 0 Å². The van der Waals surface area contributed by atoms with E-state index in [1.165, 1.54) is 4.88 Å². The van der Waals surface area contributed by atoms with Crippen molar-refractivity contribution in [2.75, 3.05) is 25.4 Å². The maximum Gasteiger partial charge on any atom is 0.191 e. The summed E-state index contributed by atoms with van der Waals surface area (Å²) in [4.78, 5) is 6.86. The van der Waals surface area contributed by atoms with E-state index in [1.54, 1.807) is 11.3 Å². The fraction of sp³-hybridized carbons (Fsp3) is 0.389. The van der Waals surface area contributed by atoms with Crippen LogP contribution in [-0.2, 0) is 10.8 Å². The molecule has 2 rings (SSSR count). The largest absolute Gasteiger partial charge is 0.357 e. The standard InChI is InChI=1S/C18H25N3OS2/c1-3-19-18(21-14-15(2)17-10-7-12-23-17)20-11-13-24(22)16-8-5-4-6-9-16/h4-10,12,15H,3,11,13-14H2,1-2H3,(H2,19,20,21). The predicted octanol–water partition coefficient (Wildman–Crippen LogP) is 3.21. The van der Waals surface area contributed by atoms with Crippen molar-refractivity contribution >= 4 is 28.1 Å². The zero-order valence-electron chi connectivity index (χ0n) is 14.2. The van der Waals surface area contributed by atoms with E-state index in [0.29, 0.717) is 18.2 Å². The summed E-state index contributed by atoms with van der Waals surface area (Å²) in [6.07, 6.45) is 0. The Morgan fingerprint density at radius 3 is 2.67 bits per heavy atom. The van der Waals surface area contributed by atoms with Crippen LogP contribution >= 0.6 is 11.3 Å². The summed E-state index contributed by atoms with van der Waals surface area (Å²) in [6.45, 7) is 6.39. The highest BCUT2D eigenvalue weighted by molar-refractivity contribution is 7.85. The number of benzene rings is 1. The van der Waals surface area contributed by atoms with Crippen LogP contribution in [-0.4, -0.2) is 35.6 Å². The minimum atomic E-state index is -0.984. The van der Waals surface area contributed by atoms with E-state index in [2.05, 4.69) is 40.1 Å². The topological polar surface area (TPSA) is 53.5 Å². The van der Waals surface area contributed by atoms with E-state index < -0.39 is 10.8 Å². The number of guanidine groups is 1. The maximum absolute atomic E-state index is 12.2. The smallest absolute Gasteiger partial charge is 0.191 e. The Morgan fingerprint density at radius 1 is 1.21 bits per heavy atom. The molecule has 0 aliphatic carbocycles. The van der Waals surface area contributed by atoms with Crippen LogP contribution in [0.1, 0.15) is 24.6 Å².